The molecule has 0 bridgehead atoms. The standard InChI is InChI=1S/C5H11NO4S.C2H6.Na/c1-5(7)6-3-2-4-11(8,9)10;1-2;/h2-4H2,1H3,(H,6,7)(H,8,9,10);1-2H3;/q;;+1/p-1. The summed E-state index contributed by atoms with van der Waals surface area (Å²) in [5.74, 6) is -0.652. The molecule has 0 aliphatic carbocycles. The van der Waals surface area contributed by atoms with Crippen molar-refractivity contribution in [3.05, 3.63) is 0 Å². The van der Waals surface area contributed by atoms with Crippen molar-refractivity contribution in [3.8, 4) is 0 Å². The first-order chi connectivity index (χ1) is 5.92. The topological polar surface area (TPSA) is 86.3 Å². The van der Waals surface area contributed by atoms with Crippen molar-refractivity contribution in [2.75, 3.05) is 12.3 Å². The molecule has 0 aliphatic heterocycles. The molecule has 0 saturated heterocycles. The Morgan fingerprint density at radius 1 is 1.36 bits per heavy atom. The van der Waals surface area contributed by atoms with Gasteiger partial charge in [-0.05, 0) is 6.42 Å². The van der Waals surface area contributed by atoms with Crippen molar-refractivity contribution in [2.45, 2.75) is 27.2 Å². The fourth-order valence-corrected chi connectivity index (χ4v) is 1.01. The quantitative estimate of drug-likeness (QED) is 0.320. The van der Waals surface area contributed by atoms with Crippen LogP contribution in [-0.2, 0) is 14.9 Å². The van der Waals surface area contributed by atoms with Crippen molar-refractivity contribution in [2.24, 2.45) is 0 Å². The maximum atomic E-state index is 10.2. The molecular weight excluding hydrogens is 217 g/mol. The van der Waals surface area contributed by atoms with Crippen molar-refractivity contribution < 1.29 is 47.3 Å². The van der Waals surface area contributed by atoms with E-state index in [1.807, 2.05) is 13.8 Å². The van der Waals surface area contributed by atoms with E-state index < -0.39 is 15.9 Å². The first kappa shape index (κ1) is 19.9. The van der Waals surface area contributed by atoms with E-state index >= 15 is 0 Å². The minimum atomic E-state index is -4.12. The van der Waals surface area contributed by atoms with E-state index in [9.17, 15) is 17.8 Å². The third-order valence-electron chi connectivity index (χ3n) is 0.945. The SMILES string of the molecule is CC.CC(=O)NCCCS(=O)(=O)[O-].[Na+]. The van der Waals surface area contributed by atoms with Gasteiger partial charge in [-0.25, -0.2) is 8.42 Å². The predicted molar refractivity (Wildman–Crippen MR) is 49.2 cm³/mol. The number of nitrogens with one attached hydrogen (secondary N) is 1. The minimum absolute atomic E-state index is 0. The second-order valence-electron chi connectivity index (χ2n) is 2.10. The van der Waals surface area contributed by atoms with Crippen molar-refractivity contribution in [1.82, 2.24) is 5.32 Å². The molecule has 1 amide bonds. The van der Waals surface area contributed by atoms with Gasteiger partial charge in [-0.2, -0.15) is 0 Å². The van der Waals surface area contributed by atoms with Crippen LogP contribution in [0.15, 0.2) is 0 Å². The molecule has 0 radical (unpaired) electrons. The number of hydrogen-bond acceptors (Lipinski definition) is 4. The number of rotatable bonds is 4. The van der Waals surface area contributed by atoms with Crippen LogP contribution >= 0.6 is 0 Å². The summed E-state index contributed by atoms with van der Waals surface area (Å²) in [5.41, 5.74) is 0. The molecule has 0 unspecified atom stereocenters. The van der Waals surface area contributed by atoms with Gasteiger partial charge in [0.2, 0.25) is 5.91 Å². The number of carbonyl (C=O) groups excluding carboxylic acids is 1. The van der Waals surface area contributed by atoms with Gasteiger partial charge in [0.05, 0.1) is 10.1 Å². The minimum Gasteiger partial charge on any atom is -0.748 e. The second kappa shape index (κ2) is 11.5. The van der Waals surface area contributed by atoms with Gasteiger partial charge in [0.25, 0.3) is 0 Å². The Hall–Kier alpha value is 0.380. The Morgan fingerprint density at radius 2 is 1.79 bits per heavy atom. The molecule has 0 saturated carbocycles. The average Bonchev–Trinajstić information content (AvgIpc) is 2.00. The Balaban J connectivity index is -0.000000376. The van der Waals surface area contributed by atoms with E-state index in [1.54, 1.807) is 0 Å². The van der Waals surface area contributed by atoms with Gasteiger partial charge in [0.1, 0.15) is 0 Å². The summed E-state index contributed by atoms with van der Waals surface area (Å²) in [4.78, 5) is 10.2. The third-order valence-corrected chi connectivity index (χ3v) is 1.73. The average molecular weight is 233 g/mol. The van der Waals surface area contributed by atoms with Gasteiger partial charge >= 0.3 is 29.6 Å². The molecule has 0 fully saturated rings. The maximum Gasteiger partial charge on any atom is 1.00 e. The van der Waals surface area contributed by atoms with Crippen LogP contribution in [0.4, 0.5) is 0 Å². The summed E-state index contributed by atoms with van der Waals surface area (Å²) in [5, 5.41) is 2.38. The zero-order valence-corrected chi connectivity index (χ0v) is 12.0. The molecule has 0 rings (SSSR count). The fourth-order valence-electron chi connectivity index (χ4n) is 0.513. The van der Waals surface area contributed by atoms with Crippen molar-refractivity contribution >= 4 is 16.0 Å². The summed E-state index contributed by atoms with van der Waals surface area (Å²) in [6.07, 6.45) is 0.172. The van der Waals surface area contributed by atoms with Crippen LogP contribution in [0, 0.1) is 0 Å². The number of hydrogen-bond donors (Lipinski definition) is 1. The molecule has 0 aromatic heterocycles. The normalized spacial score (nSPS) is 9.14. The van der Waals surface area contributed by atoms with Gasteiger partial charge in [-0.3, -0.25) is 4.79 Å². The van der Waals surface area contributed by atoms with Crippen LogP contribution in [0.5, 0.6) is 0 Å². The van der Waals surface area contributed by atoms with Gasteiger partial charge in [-0.15, -0.1) is 0 Å². The third kappa shape index (κ3) is 22.8. The van der Waals surface area contributed by atoms with Gasteiger partial charge < -0.3 is 9.87 Å². The van der Waals surface area contributed by atoms with E-state index in [4.69, 9.17) is 0 Å². The van der Waals surface area contributed by atoms with E-state index in [0.29, 0.717) is 0 Å². The van der Waals surface area contributed by atoms with Crippen molar-refractivity contribution in [1.29, 1.82) is 0 Å². The monoisotopic (exact) mass is 233 g/mol. The largest absolute Gasteiger partial charge is 1.00 e. The summed E-state index contributed by atoms with van der Waals surface area (Å²) in [6, 6.07) is 0. The Labute approximate surface area is 108 Å². The van der Waals surface area contributed by atoms with Crippen LogP contribution < -0.4 is 34.9 Å². The van der Waals surface area contributed by atoms with Gasteiger partial charge in [0, 0.05) is 19.2 Å². The van der Waals surface area contributed by atoms with Gasteiger partial charge in [-0.1, -0.05) is 13.8 Å². The number of carbonyl (C=O) groups is 1. The van der Waals surface area contributed by atoms with Crippen LogP contribution in [0.3, 0.4) is 0 Å². The zero-order chi connectivity index (χ0) is 10.9. The van der Waals surface area contributed by atoms with Crippen molar-refractivity contribution in [3.63, 3.8) is 0 Å². The molecular formula is C7H16NNaO4S. The molecule has 7 heteroatoms. The predicted octanol–water partition coefficient (Wildman–Crippen LogP) is -2.91. The molecule has 80 valence electrons. The zero-order valence-electron chi connectivity index (χ0n) is 9.16. The molecule has 14 heavy (non-hydrogen) atoms. The second-order valence-corrected chi connectivity index (χ2v) is 3.62. The van der Waals surface area contributed by atoms with Gasteiger partial charge in [0.15, 0.2) is 0 Å². The maximum absolute atomic E-state index is 10.2. The van der Waals surface area contributed by atoms with E-state index in [1.165, 1.54) is 6.92 Å². The summed E-state index contributed by atoms with van der Waals surface area (Å²) < 4.78 is 30.0. The molecule has 5 nitrogen and oxygen atoms in total. The molecule has 1 N–H and O–H groups in total. The summed E-state index contributed by atoms with van der Waals surface area (Å²) >= 11 is 0. The molecule has 0 heterocycles. The Bertz CT molecular complexity index is 228. The first-order valence-corrected chi connectivity index (χ1v) is 5.67. The first-order valence-electron chi connectivity index (χ1n) is 4.10. The molecule has 0 atom stereocenters. The fraction of sp³-hybridized carbons (Fsp3) is 0.857. The Morgan fingerprint density at radius 3 is 2.07 bits per heavy atom. The van der Waals surface area contributed by atoms with E-state index in [2.05, 4.69) is 5.32 Å². The van der Waals surface area contributed by atoms with Crippen LogP contribution in [0.25, 0.3) is 0 Å². The van der Waals surface area contributed by atoms with E-state index in [-0.39, 0.29) is 48.4 Å². The van der Waals surface area contributed by atoms with Crippen LogP contribution in [0.1, 0.15) is 27.2 Å². The molecule has 0 aromatic rings. The van der Waals surface area contributed by atoms with E-state index in [0.717, 1.165) is 0 Å². The number of amides is 1. The van der Waals surface area contributed by atoms with Crippen LogP contribution in [0.2, 0.25) is 0 Å². The summed E-state index contributed by atoms with van der Waals surface area (Å²) in [6.45, 7) is 5.56. The molecule has 0 spiro atoms. The van der Waals surface area contributed by atoms with Crippen LogP contribution in [-0.4, -0.2) is 31.2 Å². The Kier molecular flexibility index (Phi) is 16.3. The molecule has 0 aliphatic rings. The molecule has 0 aromatic carbocycles. The summed E-state index contributed by atoms with van der Waals surface area (Å²) in [7, 11) is -4.12. The smallest absolute Gasteiger partial charge is 0.748 e.